The maximum atomic E-state index is 12.3. The average molecular weight is 383 g/mol. The average Bonchev–Trinajstić information content (AvgIpc) is 2.96. The molecule has 8 nitrogen and oxygen atoms in total. The van der Waals surface area contributed by atoms with Crippen molar-refractivity contribution in [3.63, 3.8) is 0 Å². The number of fused-ring (bicyclic) bond motifs is 3. The highest BCUT2D eigenvalue weighted by Crippen LogP contribution is 2.40. The molecule has 2 N–H and O–H groups in total. The summed E-state index contributed by atoms with van der Waals surface area (Å²) in [6.45, 7) is 5.91. The Balaban J connectivity index is 0.00000196. The van der Waals surface area contributed by atoms with Crippen LogP contribution in [0.4, 0.5) is 16.2 Å². The van der Waals surface area contributed by atoms with Gasteiger partial charge in [-0.05, 0) is 12.1 Å². The molecule has 0 saturated carbocycles. The van der Waals surface area contributed by atoms with Crippen LogP contribution in [0.3, 0.4) is 0 Å². The third kappa shape index (κ3) is 3.39. The third-order valence-electron chi connectivity index (χ3n) is 4.86. The highest BCUT2D eigenvalue weighted by Gasteiger charge is 2.46. The fourth-order valence-electron chi connectivity index (χ4n) is 3.56. The summed E-state index contributed by atoms with van der Waals surface area (Å²) in [6.07, 6.45) is -0.794. The van der Waals surface area contributed by atoms with Gasteiger partial charge in [0.05, 0.1) is 12.2 Å². The van der Waals surface area contributed by atoms with Gasteiger partial charge >= 0.3 is 6.09 Å². The number of carbonyl (C=O) groups is 2. The topological polar surface area (TPSA) is 83.1 Å². The summed E-state index contributed by atoms with van der Waals surface area (Å²) >= 11 is 0. The fraction of sp³-hybridized carbons (Fsp3) is 0.529. The molecule has 2 fully saturated rings. The van der Waals surface area contributed by atoms with Crippen LogP contribution in [0.25, 0.3) is 0 Å². The molecule has 26 heavy (non-hydrogen) atoms. The first-order valence-electron chi connectivity index (χ1n) is 8.60. The normalized spacial score (nSPS) is 24.0. The number of hydrogen-bond acceptors (Lipinski definition) is 6. The second kappa shape index (κ2) is 7.59. The van der Waals surface area contributed by atoms with Crippen molar-refractivity contribution >= 4 is 35.8 Å². The van der Waals surface area contributed by atoms with Crippen molar-refractivity contribution in [2.45, 2.75) is 19.1 Å². The van der Waals surface area contributed by atoms with E-state index in [-0.39, 0.29) is 30.4 Å². The maximum absolute atomic E-state index is 12.3. The van der Waals surface area contributed by atoms with E-state index < -0.39 is 6.10 Å². The Morgan fingerprint density at radius 1 is 1.35 bits per heavy atom. The molecule has 1 aromatic rings. The standard InChI is InChI=1S/C17H22N4O4.ClH/c1-11(22)19-9-16-14-10-24-15-8-12(20-6-4-18-5-7-20)2-3-13(15)21(14)17(23)25-16;/h2-3,8,14,16,18H,4-7,9-10H2,1H3,(H,19,22);1H/t14-,16-;/m0./s1. The van der Waals surface area contributed by atoms with Crippen molar-refractivity contribution < 1.29 is 19.1 Å². The molecule has 2 amide bonds. The van der Waals surface area contributed by atoms with E-state index in [4.69, 9.17) is 9.47 Å². The zero-order valence-corrected chi connectivity index (χ0v) is 15.4. The van der Waals surface area contributed by atoms with Crippen molar-refractivity contribution in [3.05, 3.63) is 18.2 Å². The summed E-state index contributed by atoms with van der Waals surface area (Å²) < 4.78 is 11.4. The number of benzene rings is 1. The summed E-state index contributed by atoms with van der Waals surface area (Å²) in [5.74, 6) is 0.552. The summed E-state index contributed by atoms with van der Waals surface area (Å²) in [5.41, 5.74) is 1.83. The largest absolute Gasteiger partial charge is 0.489 e. The number of cyclic esters (lactones) is 1. The quantitative estimate of drug-likeness (QED) is 0.802. The molecule has 3 aliphatic heterocycles. The molecule has 4 rings (SSSR count). The van der Waals surface area contributed by atoms with Gasteiger partial charge in [-0.3, -0.25) is 9.69 Å². The molecule has 0 spiro atoms. The van der Waals surface area contributed by atoms with Crippen LogP contribution in [0.2, 0.25) is 0 Å². The van der Waals surface area contributed by atoms with Crippen LogP contribution in [-0.4, -0.2) is 63.5 Å². The van der Waals surface area contributed by atoms with E-state index in [1.165, 1.54) is 6.92 Å². The number of rotatable bonds is 3. The molecule has 2 saturated heterocycles. The molecule has 2 atom stereocenters. The summed E-state index contributed by atoms with van der Waals surface area (Å²) in [5, 5.41) is 6.04. The minimum absolute atomic E-state index is 0. The van der Waals surface area contributed by atoms with Crippen molar-refractivity contribution in [2.24, 2.45) is 0 Å². The van der Waals surface area contributed by atoms with Gasteiger partial charge in [-0.2, -0.15) is 0 Å². The first-order valence-corrected chi connectivity index (χ1v) is 8.60. The molecule has 0 bridgehead atoms. The van der Waals surface area contributed by atoms with E-state index in [1.54, 1.807) is 4.90 Å². The van der Waals surface area contributed by atoms with Gasteiger partial charge in [-0.15, -0.1) is 12.4 Å². The second-order valence-electron chi connectivity index (χ2n) is 6.50. The minimum atomic E-state index is -0.405. The Morgan fingerprint density at radius 2 is 2.12 bits per heavy atom. The number of carbonyl (C=O) groups excluding carboxylic acids is 2. The Kier molecular flexibility index (Phi) is 5.43. The minimum Gasteiger partial charge on any atom is -0.489 e. The zero-order chi connectivity index (χ0) is 17.4. The first-order chi connectivity index (χ1) is 12.1. The molecule has 0 unspecified atom stereocenters. The van der Waals surface area contributed by atoms with Crippen molar-refractivity contribution in [1.29, 1.82) is 0 Å². The molecule has 0 aliphatic carbocycles. The van der Waals surface area contributed by atoms with E-state index in [0.717, 1.165) is 37.6 Å². The number of nitrogens with zero attached hydrogens (tertiary/aromatic N) is 2. The third-order valence-corrected chi connectivity index (χ3v) is 4.86. The van der Waals surface area contributed by atoms with Crippen LogP contribution in [0.15, 0.2) is 18.2 Å². The van der Waals surface area contributed by atoms with Crippen molar-refractivity contribution in [2.75, 3.05) is 49.1 Å². The predicted octanol–water partition coefficient (Wildman–Crippen LogP) is 0.740. The predicted molar refractivity (Wildman–Crippen MR) is 99.5 cm³/mol. The molecular formula is C17H23ClN4O4. The lowest BCUT2D eigenvalue weighted by Crippen LogP contribution is -2.47. The molecule has 3 heterocycles. The Morgan fingerprint density at radius 3 is 2.85 bits per heavy atom. The Bertz CT molecular complexity index is 695. The van der Waals surface area contributed by atoms with Crippen molar-refractivity contribution in [3.8, 4) is 5.75 Å². The van der Waals surface area contributed by atoms with Crippen LogP contribution >= 0.6 is 12.4 Å². The van der Waals surface area contributed by atoms with Crippen LogP contribution < -0.4 is 25.2 Å². The number of halogens is 1. The molecule has 1 aromatic carbocycles. The van der Waals surface area contributed by atoms with E-state index >= 15 is 0 Å². The van der Waals surface area contributed by atoms with Gasteiger partial charge in [0, 0.05) is 44.9 Å². The van der Waals surface area contributed by atoms with Gasteiger partial charge in [0.1, 0.15) is 24.5 Å². The van der Waals surface area contributed by atoms with E-state index in [2.05, 4.69) is 15.5 Å². The number of amides is 2. The maximum Gasteiger partial charge on any atom is 0.415 e. The SMILES string of the molecule is CC(=O)NC[C@@H]1OC(=O)N2c3ccc(N4CCNCC4)cc3OC[C@@H]12.Cl. The lowest BCUT2D eigenvalue weighted by molar-refractivity contribution is -0.119. The lowest BCUT2D eigenvalue weighted by Gasteiger charge is -2.34. The van der Waals surface area contributed by atoms with E-state index in [0.29, 0.717) is 18.9 Å². The van der Waals surface area contributed by atoms with Gasteiger partial charge in [0.25, 0.3) is 0 Å². The summed E-state index contributed by atoms with van der Waals surface area (Å²) in [6, 6.07) is 5.70. The first kappa shape index (κ1) is 18.6. The lowest BCUT2D eigenvalue weighted by atomic mass is 10.1. The Labute approximate surface area is 158 Å². The van der Waals surface area contributed by atoms with Gasteiger partial charge < -0.3 is 25.0 Å². The molecule has 9 heteroatoms. The molecule has 142 valence electrons. The van der Waals surface area contributed by atoms with E-state index in [9.17, 15) is 9.59 Å². The number of ether oxygens (including phenoxy) is 2. The molecule has 0 aromatic heterocycles. The number of hydrogen-bond donors (Lipinski definition) is 2. The number of piperazine rings is 1. The van der Waals surface area contributed by atoms with Gasteiger partial charge in [-0.1, -0.05) is 0 Å². The van der Waals surface area contributed by atoms with Crippen LogP contribution in [0.5, 0.6) is 5.75 Å². The highest BCUT2D eigenvalue weighted by atomic mass is 35.5. The van der Waals surface area contributed by atoms with Crippen molar-refractivity contribution in [1.82, 2.24) is 10.6 Å². The summed E-state index contributed by atoms with van der Waals surface area (Å²) in [7, 11) is 0. The molecule has 3 aliphatic rings. The van der Waals surface area contributed by atoms with Gasteiger partial charge in [0.2, 0.25) is 5.91 Å². The number of anilines is 2. The smallest absolute Gasteiger partial charge is 0.415 e. The van der Waals surface area contributed by atoms with Crippen LogP contribution in [0, 0.1) is 0 Å². The summed E-state index contributed by atoms with van der Waals surface area (Å²) in [4.78, 5) is 27.4. The van der Waals surface area contributed by atoms with Gasteiger partial charge in [-0.25, -0.2) is 4.79 Å². The fourth-order valence-corrected chi connectivity index (χ4v) is 3.56. The molecular weight excluding hydrogens is 360 g/mol. The van der Waals surface area contributed by atoms with E-state index in [1.807, 2.05) is 18.2 Å². The number of nitrogens with one attached hydrogen (secondary N) is 2. The van der Waals surface area contributed by atoms with Crippen LogP contribution in [-0.2, 0) is 9.53 Å². The zero-order valence-electron chi connectivity index (χ0n) is 14.6. The Hall–Kier alpha value is -2.19. The second-order valence-corrected chi connectivity index (χ2v) is 6.50. The molecule has 0 radical (unpaired) electrons. The monoisotopic (exact) mass is 382 g/mol. The highest BCUT2D eigenvalue weighted by molar-refractivity contribution is 5.93. The van der Waals surface area contributed by atoms with Gasteiger partial charge in [0.15, 0.2) is 0 Å². The van der Waals surface area contributed by atoms with Crippen LogP contribution in [0.1, 0.15) is 6.92 Å².